The Morgan fingerprint density at radius 3 is 2.64 bits per heavy atom. The van der Waals surface area contributed by atoms with Gasteiger partial charge in [0.15, 0.2) is 0 Å². The number of H-pyrrole nitrogens is 1. The van der Waals surface area contributed by atoms with Gasteiger partial charge >= 0.3 is 0 Å². The fourth-order valence-corrected chi connectivity index (χ4v) is 2.91. The van der Waals surface area contributed by atoms with Crippen molar-refractivity contribution in [3.63, 3.8) is 0 Å². The third-order valence-electron chi connectivity index (χ3n) is 4.24. The van der Waals surface area contributed by atoms with Crippen LogP contribution in [-0.2, 0) is 0 Å². The maximum Gasteiger partial charge on any atom is 0.231 e. The van der Waals surface area contributed by atoms with Crippen LogP contribution in [0.25, 0.3) is 22.6 Å². The molecule has 2 atom stereocenters. The molecular weight excluding hydrogens is 278 g/mol. The maximum atomic E-state index is 5.46. The molecule has 0 bridgehead atoms. The normalized spacial score (nSPS) is 21.3. The molecule has 6 heteroatoms. The van der Waals surface area contributed by atoms with E-state index in [4.69, 9.17) is 4.52 Å². The Bertz CT molecular complexity index is 747. The second-order valence-electron chi connectivity index (χ2n) is 5.64. The van der Waals surface area contributed by atoms with Gasteiger partial charge in [0.25, 0.3) is 0 Å². The Morgan fingerprint density at radius 2 is 1.95 bits per heavy atom. The Morgan fingerprint density at radius 1 is 1.14 bits per heavy atom. The second-order valence-corrected chi connectivity index (χ2v) is 5.64. The molecule has 1 aliphatic heterocycles. The SMILES string of the molecule is CC1NCCC1c1nc(-c2ccc(-c3ccn[nH]3)cc2)no1. The fourth-order valence-electron chi connectivity index (χ4n) is 2.91. The zero-order valence-corrected chi connectivity index (χ0v) is 12.3. The van der Waals surface area contributed by atoms with Crippen molar-refractivity contribution in [3.05, 3.63) is 42.4 Å². The molecule has 0 spiro atoms. The minimum Gasteiger partial charge on any atom is -0.339 e. The van der Waals surface area contributed by atoms with Gasteiger partial charge < -0.3 is 9.84 Å². The lowest BCUT2D eigenvalue weighted by Gasteiger charge is -2.08. The molecule has 2 aromatic heterocycles. The second kappa shape index (κ2) is 5.38. The number of nitrogens with zero attached hydrogens (tertiary/aromatic N) is 3. The van der Waals surface area contributed by atoms with E-state index < -0.39 is 0 Å². The van der Waals surface area contributed by atoms with Crippen LogP contribution in [0.2, 0.25) is 0 Å². The highest BCUT2D eigenvalue weighted by Crippen LogP contribution is 2.28. The summed E-state index contributed by atoms with van der Waals surface area (Å²) in [6, 6.07) is 10.4. The standard InChI is InChI=1S/C16H17N5O/c1-10-13(6-8-17-10)16-19-15(21-22-16)12-4-2-11(3-5-12)14-7-9-18-20-14/h2-5,7,9-10,13,17H,6,8H2,1H3,(H,18,20). The lowest BCUT2D eigenvalue weighted by atomic mass is 10.0. The number of hydrogen-bond acceptors (Lipinski definition) is 5. The first-order valence-corrected chi connectivity index (χ1v) is 7.48. The highest BCUT2D eigenvalue weighted by atomic mass is 16.5. The Kier molecular flexibility index (Phi) is 3.23. The molecular formula is C16H17N5O. The van der Waals surface area contributed by atoms with Crippen LogP contribution in [0.1, 0.15) is 25.2 Å². The molecule has 112 valence electrons. The zero-order valence-electron chi connectivity index (χ0n) is 12.3. The van der Waals surface area contributed by atoms with Gasteiger partial charge in [-0.3, -0.25) is 5.10 Å². The fraction of sp³-hybridized carbons (Fsp3) is 0.312. The minimum absolute atomic E-state index is 0.311. The Labute approximate surface area is 127 Å². The Hall–Kier alpha value is -2.47. The van der Waals surface area contributed by atoms with E-state index in [0.717, 1.165) is 35.7 Å². The summed E-state index contributed by atoms with van der Waals surface area (Å²) in [5, 5.41) is 14.4. The molecule has 0 amide bonds. The van der Waals surface area contributed by atoms with Crippen molar-refractivity contribution in [2.24, 2.45) is 0 Å². The molecule has 0 saturated carbocycles. The molecule has 1 aromatic carbocycles. The van der Waals surface area contributed by atoms with Crippen LogP contribution in [-0.4, -0.2) is 32.9 Å². The highest BCUT2D eigenvalue weighted by Gasteiger charge is 2.29. The van der Waals surface area contributed by atoms with Crippen molar-refractivity contribution >= 4 is 0 Å². The van der Waals surface area contributed by atoms with Crippen LogP contribution in [0, 0.1) is 0 Å². The molecule has 3 heterocycles. The van der Waals surface area contributed by atoms with Crippen LogP contribution < -0.4 is 5.32 Å². The molecule has 22 heavy (non-hydrogen) atoms. The number of aromatic nitrogens is 4. The van der Waals surface area contributed by atoms with E-state index in [-0.39, 0.29) is 0 Å². The Balaban J connectivity index is 1.58. The monoisotopic (exact) mass is 295 g/mol. The van der Waals surface area contributed by atoms with Gasteiger partial charge in [-0.1, -0.05) is 29.4 Å². The third kappa shape index (κ3) is 2.31. The summed E-state index contributed by atoms with van der Waals surface area (Å²) < 4.78 is 5.46. The number of rotatable bonds is 3. The largest absolute Gasteiger partial charge is 0.339 e. The van der Waals surface area contributed by atoms with E-state index in [1.54, 1.807) is 6.20 Å². The van der Waals surface area contributed by atoms with Crippen LogP contribution in [0.4, 0.5) is 0 Å². The van der Waals surface area contributed by atoms with Crippen LogP contribution in [0.3, 0.4) is 0 Å². The molecule has 0 aliphatic carbocycles. The molecule has 2 unspecified atom stereocenters. The number of aromatic amines is 1. The predicted octanol–water partition coefficient (Wildman–Crippen LogP) is 2.59. The highest BCUT2D eigenvalue weighted by molar-refractivity contribution is 5.64. The van der Waals surface area contributed by atoms with E-state index >= 15 is 0 Å². The summed E-state index contributed by atoms with van der Waals surface area (Å²) in [6.07, 6.45) is 2.78. The van der Waals surface area contributed by atoms with Gasteiger partial charge in [0.1, 0.15) is 0 Å². The zero-order chi connectivity index (χ0) is 14.9. The van der Waals surface area contributed by atoms with E-state index in [2.05, 4.69) is 32.6 Å². The number of nitrogens with one attached hydrogen (secondary N) is 2. The number of benzene rings is 1. The molecule has 6 nitrogen and oxygen atoms in total. The third-order valence-corrected chi connectivity index (χ3v) is 4.24. The molecule has 3 aromatic rings. The summed E-state index contributed by atoms with van der Waals surface area (Å²) in [4.78, 5) is 4.57. The minimum atomic E-state index is 0.311. The van der Waals surface area contributed by atoms with Crippen LogP contribution in [0.5, 0.6) is 0 Å². The lowest BCUT2D eigenvalue weighted by molar-refractivity contribution is 0.345. The van der Waals surface area contributed by atoms with Crippen molar-refractivity contribution in [2.75, 3.05) is 6.54 Å². The van der Waals surface area contributed by atoms with Gasteiger partial charge in [-0.2, -0.15) is 10.1 Å². The summed E-state index contributed by atoms with van der Waals surface area (Å²) in [6.45, 7) is 3.16. The van der Waals surface area contributed by atoms with Crippen LogP contribution >= 0.6 is 0 Å². The predicted molar refractivity (Wildman–Crippen MR) is 82.1 cm³/mol. The van der Waals surface area contributed by atoms with Crippen molar-refractivity contribution < 1.29 is 4.52 Å². The summed E-state index contributed by atoms with van der Waals surface area (Å²) >= 11 is 0. The van der Waals surface area contributed by atoms with Gasteiger partial charge in [0, 0.05) is 17.8 Å². The summed E-state index contributed by atoms with van der Waals surface area (Å²) in [7, 11) is 0. The van der Waals surface area contributed by atoms with E-state index in [1.807, 2.05) is 30.3 Å². The van der Waals surface area contributed by atoms with Gasteiger partial charge in [0.2, 0.25) is 11.7 Å². The molecule has 1 saturated heterocycles. The summed E-state index contributed by atoms with van der Waals surface area (Å²) in [5.74, 6) is 1.68. The first-order chi connectivity index (χ1) is 10.8. The average molecular weight is 295 g/mol. The lowest BCUT2D eigenvalue weighted by Crippen LogP contribution is -2.21. The molecule has 0 radical (unpaired) electrons. The molecule has 4 rings (SSSR count). The van der Waals surface area contributed by atoms with Crippen LogP contribution in [0.15, 0.2) is 41.1 Å². The maximum absolute atomic E-state index is 5.46. The average Bonchev–Trinajstić information content (AvgIpc) is 3.28. The van der Waals surface area contributed by atoms with Gasteiger partial charge in [-0.05, 0) is 31.5 Å². The molecule has 2 N–H and O–H groups in total. The van der Waals surface area contributed by atoms with Gasteiger partial charge in [0.05, 0.1) is 11.6 Å². The van der Waals surface area contributed by atoms with Crippen molar-refractivity contribution in [1.82, 2.24) is 25.7 Å². The van der Waals surface area contributed by atoms with E-state index in [1.165, 1.54) is 0 Å². The molecule has 1 fully saturated rings. The quantitative estimate of drug-likeness (QED) is 0.776. The first-order valence-electron chi connectivity index (χ1n) is 7.48. The van der Waals surface area contributed by atoms with Gasteiger partial charge in [-0.25, -0.2) is 0 Å². The van der Waals surface area contributed by atoms with Crippen molar-refractivity contribution in [3.8, 4) is 22.6 Å². The van der Waals surface area contributed by atoms with Crippen molar-refractivity contribution in [1.29, 1.82) is 0 Å². The topological polar surface area (TPSA) is 79.6 Å². The van der Waals surface area contributed by atoms with Crippen molar-refractivity contribution in [2.45, 2.75) is 25.3 Å². The van der Waals surface area contributed by atoms with E-state index in [0.29, 0.717) is 17.8 Å². The molecule has 1 aliphatic rings. The first kappa shape index (κ1) is 13.2. The van der Waals surface area contributed by atoms with Gasteiger partial charge in [-0.15, -0.1) is 0 Å². The smallest absolute Gasteiger partial charge is 0.231 e. The summed E-state index contributed by atoms with van der Waals surface area (Å²) in [5.41, 5.74) is 3.03. The number of hydrogen-bond donors (Lipinski definition) is 2. The van der Waals surface area contributed by atoms with E-state index in [9.17, 15) is 0 Å².